The molecule has 200 valence electrons. The summed E-state index contributed by atoms with van der Waals surface area (Å²) in [5.74, 6) is -0.548. The molecule has 1 N–H and O–H groups in total. The minimum absolute atomic E-state index is 0.0470. The molecule has 7 heteroatoms. The van der Waals surface area contributed by atoms with Crippen molar-refractivity contribution in [2.24, 2.45) is 0 Å². The van der Waals surface area contributed by atoms with E-state index in [4.69, 9.17) is 0 Å². The SMILES string of the molecule is Cc1[nH]nc2c1c(=O)n(CCCN(Cc1ccccc1F)Cc1ccccc1F)c1cc3c(cc21)CCCC3. The molecule has 0 saturated heterocycles. The molecule has 0 saturated carbocycles. The average molecular weight is 527 g/mol. The van der Waals surface area contributed by atoms with Gasteiger partial charge >= 0.3 is 0 Å². The molecule has 0 spiro atoms. The lowest BCUT2D eigenvalue weighted by atomic mass is 9.90. The van der Waals surface area contributed by atoms with Crippen molar-refractivity contribution < 1.29 is 8.78 Å². The molecule has 0 atom stereocenters. The summed E-state index contributed by atoms with van der Waals surface area (Å²) in [5, 5.41) is 9.15. The standard InChI is InChI=1S/C32H32F2N4O/c1-21-30-31(36-35-21)26-17-22-9-2-3-10-23(22)18-29(26)38(32(30)39)16-8-15-37(19-24-11-4-6-13-27(24)33)20-25-12-5-7-14-28(25)34/h4-7,11-14,17-18H,2-3,8-10,15-16,19-20H2,1H3,(H,35,36). The van der Waals surface area contributed by atoms with E-state index in [0.29, 0.717) is 49.1 Å². The number of halogens is 2. The Morgan fingerprint density at radius 1 is 0.923 bits per heavy atom. The zero-order chi connectivity index (χ0) is 26.9. The number of nitrogens with zero attached hydrogens (tertiary/aromatic N) is 3. The number of rotatable bonds is 8. The van der Waals surface area contributed by atoms with E-state index in [1.54, 1.807) is 24.3 Å². The molecule has 0 aliphatic heterocycles. The molecule has 5 nitrogen and oxygen atoms in total. The first-order chi connectivity index (χ1) is 19.0. The Labute approximate surface area is 226 Å². The van der Waals surface area contributed by atoms with Crippen molar-refractivity contribution >= 4 is 21.8 Å². The van der Waals surface area contributed by atoms with Gasteiger partial charge in [0.25, 0.3) is 5.56 Å². The van der Waals surface area contributed by atoms with Crippen LogP contribution in [-0.2, 0) is 32.5 Å². The average Bonchev–Trinajstić information content (AvgIpc) is 3.33. The lowest BCUT2D eigenvalue weighted by Gasteiger charge is -2.24. The van der Waals surface area contributed by atoms with Crippen LogP contribution >= 0.6 is 0 Å². The number of nitrogens with one attached hydrogen (secondary N) is 1. The quantitative estimate of drug-likeness (QED) is 0.253. The molecule has 0 fully saturated rings. The van der Waals surface area contributed by atoms with Gasteiger partial charge in [-0.15, -0.1) is 0 Å². The summed E-state index contributed by atoms with van der Waals surface area (Å²) in [7, 11) is 0. The van der Waals surface area contributed by atoms with E-state index in [0.717, 1.165) is 41.4 Å². The molecule has 1 aliphatic rings. The number of aromatic amines is 1. The van der Waals surface area contributed by atoms with Crippen LogP contribution in [0.5, 0.6) is 0 Å². The molecule has 0 radical (unpaired) electrons. The Morgan fingerprint density at radius 2 is 1.54 bits per heavy atom. The number of benzene rings is 3. The summed E-state index contributed by atoms with van der Waals surface area (Å²) < 4.78 is 30.9. The van der Waals surface area contributed by atoms with Crippen molar-refractivity contribution in [1.82, 2.24) is 19.7 Å². The zero-order valence-electron chi connectivity index (χ0n) is 22.1. The summed E-state index contributed by atoms with van der Waals surface area (Å²) in [6.45, 7) is 3.66. The first kappa shape index (κ1) is 25.4. The van der Waals surface area contributed by atoms with Crippen molar-refractivity contribution in [2.75, 3.05) is 6.54 Å². The predicted molar refractivity (Wildman–Crippen MR) is 151 cm³/mol. The molecule has 6 rings (SSSR count). The van der Waals surface area contributed by atoms with E-state index in [1.807, 2.05) is 28.5 Å². The number of hydrogen-bond donors (Lipinski definition) is 1. The number of aryl methyl sites for hydroxylation is 4. The highest BCUT2D eigenvalue weighted by Crippen LogP contribution is 2.30. The normalized spacial score (nSPS) is 13.4. The fourth-order valence-electron chi connectivity index (χ4n) is 5.94. The van der Waals surface area contributed by atoms with Gasteiger partial charge in [-0.3, -0.25) is 14.8 Å². The van der Waals surface area contributed by atoms with Crippen molar-refractivity contribution in [2.45, 2.75) is 58.7 Å². The van der Waals surface area contributed by atoms with Gasteiger partial charge in [-0.05, 0) is 74.4 Å². The number of pyridine rings is 1. The van der Waals surface area contributed by atoms with Crippen LogP contribution < -0.4 is 5.56 Å². The molecule has 2 aromatic heterocycles. The highest BCUT2D eigenvalue weighted by Gasteiger charge is 2.19. The smallest absolute Gasteiger partial charge is 0.262 e. The van der Waals surface area contributed by atoms with E-state index < -0.39 is 0 Å². The maximum Gasteiger partial charge on any atom is 0.262 e. The first-order valence-corrected chi connectivity index (χ1v) is 13.7. The van der Waals surface area contributed by atoms with Crippen LogP contribution in [0.2, 0.25) is 0 Å². The van der Waals surface area contributed by atoms with Gasteiger partial charge in [0.1, 0.15) is 17.2 Å². The van der Waals surface area contributed by atoms with Crippen molar-refractivity contribution in [1.29, 1.82) is 0 Å². The second kappa shape index (κ2) is 10.7. The van der Waals surface area contributed by atoms with Gasteiger partial charge in [-0.2, -0.15) is 5.10 Å². The van der Waals surface area contributed by atoms with Crippen LogP contribution in [0.3, 0.4) is 0 Å². The Morgan fingerprint density at radius 3 is 2.18 bits per heavy atom. The molecule has 2 heterocycles. The van der Waals surface area contributed by atoms with Gasteiger partial charge in [0.15, 0.2) is 0 Å². The maximum absolute atomic E-state index is 14.5. The van der Waals surface area contributed by atoms with Crippen LogP contribution in [0.25, 0.3) is 21.8 Å². The third kappa shape index (κ3) is 4.99. The Hall–Kier alpha value is -3.84. The number of fused-ring (bicyclic) bond motifs is 4. The summed E-state index contributed by atoms with van der Waals surface area (Å²) in [5.41, 5.74) is 6.17. The topological polar surface area (TPSA) is 53.9 Å². The molecule has 5 aromatic rings. The summed E-state index contributed by atoms with van der Waals surface area (Å²) in [6.07, 6.45) is 5.07. The first-order valence-electron chi connectivity index (χ1n) is 13.7. The van der Waals surface area contributed by atoms with Crippen molar-refractivity contribution in [3.05, 3.63) is 111 Å². The van der Waals surface area contributed by atoms with Crippen LogP contribution in [-0.4, -0.2) is 26.2 Å². The van der Waals surface area contributed by atoms with Gasteiger partial charge in [-0.25, -0.2) is 8.78 Å². The molecular weight excluding hydrogens is 494 g/mol. The van der Waals surface area contributed by atoms with E-state index >= 15 is 0 Å². The Balaban J connectivity index is 1.33. The van der Waals surface area contributed by atoms with E-state index in [2.05, 4.69) is 22.3 Å². The lowest BCUT2D eigenvalue weighted by Crippen LogP contribution is -2.28. The highest BCUT2D eigenvalue weighted by molar-refractivity contribution is 6.04. The number of aromatic nitrogens is 3. The van der Waals surface area contributed by atoms with Gasteiger partial charge in [0.05, 0.1) is 10.9 Å². The third-order valence-electron chi connectivity index (χ3n) is 7.97. The summed E-state index contributed by atoms with van der Waals surface area (Å²) in [6, 6.07) is 17.8. The molecular formula is C32H32F2N4O. The lowest BCUT2D eigenvalue weighted by molar-refractivity contribution is 0.242. The fourth-order valence-corrected chi connectivity index (χ4v) is 5.94. The van der Waals surface area contributed by atoms with Crippen molar-refractivity contribution in [3.63, 3.8) is 0 Å². The molecule has 0 unspecified atom stereocenters. The second-order valence-electron chi connectivity index (χ2n) is 10.6. The molecule has 1 aliphatic carbocycles. The zero-order valence-corrected chi connectivity index (χ0v) is 22.1. The fraction of sp³-hybridized carbons (Fsp3) is 0.312. The van der Waals surface area contributed by atoms with Crippen LogP contribution in [0.15, 0.2) is 65.5 Å². The van der Waals surface area contributed by atoms with Gasteiger partial charge in [0, 0.05) is 48.4 Å². The minimum Gasteiger partial charge on any atom is -0.307 e. The number of hydrogen-bond acceptors (Lipinski definition) is 3. The third-order valence-corrected chi connectivity index (χ3v) is 7.97. The second-order valence-corrected chi connectivity index (χ2v) is 10.6. The van der Waals surface area contributed by atoms with Gasteiger partial charge in [0.2, 0.25) is 0 Å². The molecule has 3 aromatic carbocycles. The van der Waals surface area contributed by atoms with Crippen LogP contribution in [0.4, 0.5) is 8.78 Å². The minimum atomic E-state index is -0.274. The summed E-state index contributed by atoms with van der Waals surface area (Å²) in [4.78, 5) is 15.8. The largest absolute Gasteiger partial charge is 0.307 e. The van der Waals surface area contributed by atoms with E-state index in [-0.39, 0.29) is 17.2 Å². The Kier molecular flexibility index (Phi) is 7.00. The predicted octanol–water partition coefficient (Wildman–Crippen LogP) is 6.44. The van der Waals surface area contributed by atoms with E-state index in [9.17, 15) is 13.6 Å². The number of H-pyrrole nitrogens is 1. The monoisotopic (exact) mass is 526 g/mol. The van der Waals surface area contributed by atoms with Crippen molar-refractivity contribution in [3.8, 4) is 0 Å². The molecule has 0 bridgehead atoms. The summed E-state index contributed by atoms with van der Waals surface area (Å²) >= 11 is 0. The van der Waals surface area contributed by atoms with E-state index in [1.165, 1.54) is 29.7 Å². The Bertz CT molecular complexity index is 1670. The van der Waals surface area contributed by atoms with Crippen LogP contribution in [0, 0.1) is 18.6 Å². The van der Waals surface area contributed by atoms with Crippen LogP contribution in [0.1, 0.15) is 47.2 Å². The molecule has 0 amide bonds. The van der Waals surface area contributed by atoms with Gasteiger partial charge in [-0.1, -0.05) is 36.4 Å². The van der Waals surface area contributed by atoms with Gasteiger partial charge < -0.3 is 4.57 Å². The highest BCUT2D eigenvalue weighted by atomic mass is 19.1. The maximum atomic E-state index is 14.5. The molecule has 39 heavy (non-hydrogen) atoms.